The number of hydrogen-bond acceptors (Lipinski definition) is 3. The summed E-state index contributed by atoms with van der Waals surface area (Å²) in [6.07, 6.45) is 2.66. The highest BCUT2D eigenvalue weighted by Crippen LogP contribution is 2.21. The SMILES string of the molecule is CCCC(CN)C(=O)NCCc1ccc(Cl)s1. The number of halogens is 1. The third-order valence-electron chi connectivity index (χ3n) is 2.59. The summed E-state index contributed by atoms with van der Waals surface area (Å²) in [4.78, 5) is 12.9. The van der Waals surface area contributed by atoms with Crippen LogP contribution in [0.5, 0.6) is 0 Å². The predicted molar refractivity (Wildman–Crippen MR) is 73.5 cm³/mol. The standard InChI is InChI=1S/C12H19ClN2OS/c1-2-3-9(8-14)12(16)15-7-6-10-4-5-11(13)17-10/h4-5,9H,2-3,6-8,14H2,1H3,(H,15,16). The van der Waals surface area contributed by atoms with Gasteiger partial charge in [0.2, 0.25) is 5.91 Å². The van der Waals surface area contributed by atoms with Crippen molar-refractivity contribution in [2.45, 2.75) is 26.2 Å². The normalized spacial score (nSPS) is 12.4. The van der Waals surface area contributed by atoms with Gasteiger partial charge in [0.1, 0.15) is 0 Å². The van der Waals surface area contributed by atoms with E-state index in [2.05, 4.69) is 12.2 Å². The van der Waals surface area contributed by atoms with Crippen molar-refractivity contribution in [3.63, 3.8) is 0 Å². The quantitative estimate of drug-likeness (QED) is 0.802. The highest BCUT2D eigenvalue weighted by Gasteiger charge is 2.14. The third-order valence-corrected chi connectivity index (χ3v) is 3.88. The summed E-state index contributed by atoms with van der Waals surface area (Å²) in [5.41, 5.74) is 5.57. The van der Waals surface area contributed by atoms with Crippen molar-refractivity contribution in [2.24, 2.45) is 11.7 Å². The first-order valence-corrected chi connectivity index (χ1v) is 7.08. The summed E-state index contributed by atoms with van der Waals surface area (Å²) in [5, 5.41) is 2.92. The fraction of sp³-hybridized carbons (Fsp3) is 0.583. The average Bonchev–Trinajstić information content (AvgIpc) is 2.71. The van der Waals surface area contributed by atoms with E-state index in [-0.39, 0.29) is 11.8 Å². The van der Waals surface area contributed by atoms with Gasteiger partial charge >= 0.3 is 0 Å². The first-order valence-electron chi connectivity index (χ1n) is 5.89. The van der Waals surface area contributed by atoms with Crippen LogP contribution in [0.3, 0.4) is 0 Å². The molecule has 0 saturated heterocycles. The van der Waals surface area contributed by atoms with Crippen LogP contribution in [0.2, 0.25) is 4.34 Å². The molecule has 1 unspecified atom stereocenters. The van der Waals surface area contributed by atoms with Crippen LogP contribution in [0.25, 0.3) is 0 Å². The zero-order valence-corrected chi connectivity index (χ0v) is 11.6. The minimum atomic E-state index is -0.0491. The van der Waals surface area contributed by atoms with Crippen molar-refractivity contribution < 1.29 is 4.79 Å². The Hall–Kier alpha value is -0.580. The van der Waals surface area contributed by atoms with Gasteiger partial charge in [-0.15, -0.1) is 11.3 Å². The molecule has 1 aromatic rings. The average molecular weight is 275 g/mol. The second-order valence-electron chi connectivity index (χ2n) is 3.97. The Bertz CT molecular complexity index is 354. The maximum atomic E-state index is 11.7. The Morgan fingerprint density at radius 3 is 2.88 bits per heavy atom. The lowest BCUT2D eigenvalue weighted by Crippen LogP contribution is -2.35. The summed E-state index contributed by atoms with van der Waals surface area (Å²) < 4.78 is 0.789. The summed E-state index contributed by atoms with van der Waals surface area (Å²) in [7, 11) is 0. The number of nitrogens with two attached hydrogens (primary N) is 1. The van der Waals surface area contributed by atoms with E-state index in [1.807, 2.05) is 12.1 Å². The smallest absolute Gasteiger partial charge is 0.224 e. The zero-order valence-electron chi connectivity index (χ0n) is 10.0. The topological polar surface area (TPSA) is 55.1 Å². The van der Waals surface area contributed by atoms with Gasteiger partial charge in [-0.2, -0.15) is 0 Å². The van der Waals surface area contributed by atoms with Crippen LogP contribution in [-0.4, -0.2) is 19.0 Å². The summed E-state index contributed by atoms with van der Waals surface area (Å²) >= 11 is 7.38. The van der Waals surface area contributed by atoms with E-state index in [4.69, 9.17) is 17.3 Å². The van der Waals surface area contributed by atoms with Gasteiger partial charge in [0.25, 0.3) is 0 Å². The van der Waals surface area contributed by atoms with Crippen molar-refractivity contribution in [1.29, 1.82) is 0 Å². The predicted octanol–water partition coefficient (Wildman–Crippen LogP) is 2.44. The van der Waals surface area contributed by atoms with Gasteiger partial charge in [-0.05, 0) is 25.0 Å². The van der Waals surface area contributed by atoms with E-state index in [1.165, 1.54) is 4.88 Å². The van der Waals surface area contributed by atoms with E-state index in [0.29, 0.717) is 13.1 Å². The Morgan fingerprint density at radius 2 is 2.35 bits per heavy atom. The molecule has 0 aliphatic carbocycles. The minimum Gasteiger partial charge on any atom is -0.355 e. The number of rotatable bonds is 7. The molecule has 0 fully saturated rings. The van der Waals surface area contributed by atoms with Crippen molar-refractivity contribution in [3.05, 3.63) is 21.3 Å². The van der Waals surface area contributed by atoms with Gasteiger partial charge in [0.05, 0.1) is 10.3 Å². The molecule has 0 aromatic carbocycles. The number of hydrogen-bond donors (Lipinski definition) is 2. The maximum absolute atomic E-state index is 11.7. The third kappa shape index (κ3) is 5.06. The fourth-order valence-electron chi connectivity index (χ4n) is 1.64. The molecule has 0 radical (unpaired) electrons. The van der Waals surface area contributed by atoms with Crippen molar-refractivity contribution >= 4 is 28.8 Å². The van der Waals surface area contributed by atoms with Crippen molar-refractivity contribution in [2.75, 3.05) is 13.1 Å². The molecule has 1 heterocycles. The van der Waals surface area contributed by atoms with E-state index < -0.39 is 0 Å². The molecular weight excluding hydrogens is 256 g/mol. The van der Waals surface area contributed by atoms with Crippen molar-refractivity contribution in [3.8, 4) is 0 Å². The summed E-state index contributed by atoms with van der Waals surface area (Å²) in [6, 6.07) is 3.87. The molecule has 0 aliphatic rings. The molecule has 0 aliphatic heterocycles. The van der Waals surface area contributed by atoms with Crippen molar-refractivity contribution in [1.82, 2.24) is 5.32 Å². The van der Waals surface area contributed by atoms with Crippen LogP contribution in [0.1, 0.15) is 24.6 Å². The fourth-order valence-corrected chi connectivity index (χ4v) is 2.73. The van der Waals surface area contributed by atoms with Crippen LogP contribution in [0.4, 0.5) is 0 Å². The molecule has 1 rings (SSSR count). The molecule has 0 bridgehead atoms. The van der Waals surface area contributed by atoms with Gasteiger partial charge in [0.15, 0.2) is 0 Å². The highest BCUT2D eigenvalue weighted by atomic mass is 35.5. The van der Waals surface area contributed by atoms with Crippen LogP contribution in [-0.2, 0) is 11.2 Å². The largest absolute Gasteiger partial charge is 0.355 e. The number of carbonyl (C=O) groups excluding carboxylic acids is 1. The van der Waals surface area contributed by atoms with Gasteiger partial charge < -0.3 is 11.1 Å². The Labute approximate surface area is 111 Å². The van der Waals surface area contributed by atoms with E-state index in [1.54, 1.807) is 11.3 Å². The molecule has 3 nitrogen and oxygen atoms in total. The van der Waals surface area contributed by atoms with E-state index in [9.17, 15) is 4.79 Å². The second kappa shape index (κ2) is 7.69. The molecule has 17 heavy (non-hydrogen) atoms. The lowest BCUT2D eigenvalue weighted by molar-refractivity contribution is -0.124. The molecule has 1 aromatic heterocycles. The monoisotopic (exact) mass is 274 g/mol. The van der Waals surface area contributed by atoms with Crippen LogP contribution in [0, 0.1) is 5.92 Å². The molecule has 5 heteroatoms. The van der Waals surface area contributed by atoms with Gasteiger partial charge in [0, 0.05) is 18.0 Å². The van der Waals surface area contributed by atoms with Crippen LogP contribution < -0.4 is 11.1 Å². The van der Waals surface area contributed by atoms with E-state index >= 15 is 0 Å². The lowest BCUT2D eigenvalue weighted by atomic mass is 10.0. The molecule has 3 N–H and O–H groups in total. The van der Waals surface area contributed by atoms with Gasteiger partial charge in [-0.1, -0.05) is 24.9 Å². The number of thiophene rings is 1. The molecule has 96 valence electrons. The minimum absolute atomic E-state index is 0.0491. The van der Waals surface area contributed by atoms with Crippen LogP contribution >= 0.6 is 22.9 Å². The Balaban J connectivity index is 2.28. The maximum Gasteiger partial charge on any atom is 0.224 e. The van der Waals surface area contributed by atoms with Gasteiger partial charge in [-0.3, -0.25) is 4.79 Å². The molecule has 0 spiro atoms. The lowest BCUT2D eigenvalue weighted by Gasteiger charge is -2.13. The molecule has 1 atom stereocenters. The van der Waals surface area contributed by atoms with E-state index in [0.717, 1.165) is 23.6 Å². The number of amides is 1. The summed E-state index contributed by atoms with van der Waals surface area (Å²) in [5.74, 6) is 0.0175. The summed E-state index contributed by atoms with van der Waals surface area (Å²) in [6.45, 7) is 3.13. The second-order valence-corrected chi connectivity index (χ2v) is 5.77. The zero-order chi connectivity index (χ0) is 12.7. The Morgan fingerprint density at radius 1 is 1.59 bits per heavy atom. The Kier molecular flexibility index (Phi) is 6.55. The molecule has 1 amide bonds. The van der Waals surface area contributed by atoms with Gasteiger partial charge in [-0.25, -0.2) is 0 Å². The number of nitrogens with one attached hydrogen (secondary N) is 1. The molecule has 0 saturated carbocycles. The highest BCUT2D eigenvalue weighted by molar-refractivity contribution is 7.16. The first-order chi connectivity index (χ1) is 8.17. The first kappa shape index (κ1) is 14.5. The molecular formula is C12H19ClN2OS. The number of carbonyl (C=O) groups is 1. The van der Waals surface area contributed by atoms with Crippen LogP contribution in [0.15, 0.2) is 12.1 Å².